The molecule has 2 aromatic heterocycles. The molecule has 1 aliphatic rings. The molecule has 5 rings (SSSR count). The number of carbonyl (C=O) groups is 1. The lowest BCUT2D eigenvalue weighted by Gasteiger charge is -2.32. The van der Waals surface area contributed by atoms with E-state index in [2.05, 4.69) is 10.3 Å². The number of nitrogens with zero attached hydrogens (tertiary/aromatic N) is 4. The minimum atomic E-state index is -0.00839. The first kappa shape index (κ1) is 23.8. The fourth-order valence-corrected chi connectivity index (χ4v) is 5.02. The molecule has 36 heavy (non-hydrogen) atoms. The maximum atomic E-state index is 13.3. The summed E-state index contributed by atoms with van der Waals surface area (Å²) in [6.45, 7) is 4.23. The van der Waals surface area contributed by atoms with E-state index in [0.717, 1.165) is 40.8 Å². The zero-order chi connectivity index (χ0) is 25.1. The summed E-state index contributed by atoms with van der Waals surface area (Å²) in [6, 6.07) is 17.5. The van der Waals surface area contributed by atoms with Crippen molar-refractivity contribution < 1.29 is 9.53 Å². The van der Waals surface area contributed by atoms with E-state index in [9.17, 15) is 9.59 Å². The number of benzene rings is 2. The highest BCUT2D eigenvalue weighted by atomic mass is 16.5. The van der Waals surface area contributed by atoms with Crippen molar-refractivity contribution in [3.8, 4) is 0 Å². The van der Waals surface area contributed by atoms with Crippen molar-refractivity contribution >= 4 is 28.3 Å². The third-order valence-electron chi connectivity index (χ3n) is 6.94. The number of methoxy groups -OCH3 is 1. The van der Waals surface area contributed by atoms with Crippen molar-refractivity contribution in [1.82, 2.24) is 19.0 Å². The number of imidazole rings is 1. The number of hydrogen-bond donors (Lipinski definition) is 1. The van der Waals surface area contributed by atoms with Crippen molar-refractivity contribution in [1.29, 1.82) is 0 Å². The lowest BCUT2D eigenvalue weighted by atomic mass is 10.0. The topological polar surface area (TPSA) is 81.4 Å². The number of likely N-dealkylation sites (tertiary alicyclic amines) is 1. The Bertz CT molecular complexity index is 1420. The van der Waals surface area contributed by atoms with Crippen LogP contribution in [0.5, 0.6) is 0 Å². The Hall–Kier alpha value is -3.91. The molecule has 0 saturated carbocycles. The van der Waals surface area contributed by atoms with E-state index in [0.29, 0.717) is 31.8 Å². The first-order valence-electron chi connectivity index (χ1n) is 12.3. The summed E-state index contributed by atoms with van der Waals surface area (Å²) in [6.07, 6.45) is 4.96. The second-order valence-electron chi connectivity index (χ2n) is 9.20. The van der Waals surface area contributed by atoms with Gasteiger partial charge in [0.05, 0.1) is 24.2 Å². The van der Waals surface area contributed by atoms with E-state index in [1.165, 1.54) is 0 Å². The van der Waals surface area contributed by atoms with Gasteiger partial charge in [0.1, 0.15) is 0 Å². The third kappa shape index (κ3) is 4.64. The first-order valence-corrected chi connectivity index (χ1v) is 12.3. The number of hydrogen-bond acceptors (Lipinski definition) is 5. The summed E-state index contributed by atoms with van der Waals surface area (Å²) >= 11 is 0. The van der Waals surface area contributed by atoms with Gasteiger partial charge >= 0.3 is 5.69 Å². The molecule has 4 aromatic rings. The minimum Gasteiger partial charge on any atom is -0.383 e. The SMILES string of the molecule is COCCn1c(=O)n(C2CCN(C(=O)c3ccc(Nc4ccncc4)c(C)c3)CC2)c2ccccc21. The predicted molar refractivity (Wildman–Crippen MR) is 141 cm³/mol. The fraction of sp³-hybridized carbons (Fsp3) is 0.321. The highest BCUT2D eigenvalue weighted by Crippen LogP contribution is 2.28. The van der Waals surface area contributed by atoms with Crippen LogP contribution in [0.1, 0.15) is 34.8 Å². The Morgan fingerprint density at radius 1 is 1.06 bits per heavy atom. The number of nitrogens with one attached hydrogen (secondary N) is 1. The van der Waals surface area contributed by atoms with Gasteiger partial charge in [-0.25, -0.2) is 4.79 Å². The smallest absolute Gasteiger partial charge is 0.329 e. The molecule has 8 nitrogen and oxygen atoms in total. The van der Waals surface area contributed by atoms with Gasteiger partial charge in [0.2, 0.25) is 0 Å². The summed E-state index contributed by atoms with van der Waals surface area (Å²) in [7, 11) is 1.64. The molecular formula is C28H31N5O3. The van der Waals surface area contributed by atoms with E-state index in [4.69, 9.17) is 4.74 Å². The number of carbonyl (C=O) groups excluding carboxylic acids is 1. The van der Waals surface area contributed by atoms with Crippen LogP contribution >= 0.6 is 0 Å². The zero-order valence-electron chi connectivity index (χ0n) is 20.7. The number of rotatable bonds is 7. The molecule has 1 fully saturated rings. The largest absolute Gasteiger partial charge is 0.383 e. The number of amides is 1. The van der Waals surface area contributed by atoms with Crippen molar-refractivity contribution in [3.63, 3.8) is 0 Å². The normalized spacial score (nSPS) is 14.3. The number of para-hydroxylation sites is 2. The van der Waals surface area contributed by atoms with Gasteiger partial charge in [-0.2, -0.15) is 0 Å². The predicted octanol–water partition coefficient (Wildman–Crippen LogP) is 4.37. The summed E-state index contributed by atoms with van der Waals surface area (Å²) in [5.41, 5.74) is 5.45. The zero-order valence-corrected chi connectivity index (χ0v) is 20.7. The van der Waals surface area contributed by atoms with Crippen LogP contribution < -0.4 is 11.0 Å². The molecule has 186 valence electrons. The van der Waals surface area contributed by atoms with Gasteiger partial charge in [-0.3, -0.25) is 18.9 Å². The van der Waals surface area contributed by atoms with E-state index in [1.54, 1.807) is 24.1 Å². The average Bonchev–Trinajstić information content (AvgIpc) is 3.19. The molecule has 0 unspecified atom stereocenters. The van der Waals surface area contributed by atoms with Gasteiger partial charge < -0.3 is 15.0 Å². The lowest BCUT2D eigenvalue weighted by Crippen LogP contribution is -2.41. The van der Waals surface area contributed by atoms with Gasteiger partial charge in [0.15, 0.2) is 0 Å². The number of ether oxygens (including phenoxy) is 1. The molecular weight excluding hydrogens is 454 g/mol. The van der Waals surface area contributed by atoms with Crippen molar-refractivity contribution in [2.24, 2.45) is 0 Å². The monoisotopic (exact) mass is 485 g/mol. The van der Waals surface area contributed by atoms with Gasteiger partial charge in [-0.05, 0) is 67.8 Å². The molecule has 1 saturated heterocycles. The van der Waals surface area contributed by atoms with Crippen molar-refractivity contribution in [2.75, 3.05) is 32.1 Å². The maximum Gasteiger partial charge on any atom is 0.329 e. The van der Waals surface area contributed by atoms with Gasteiger partial charge in [-0.1, -0.05) is 12.1 Å². The van der Waals surface area contributed by atoms with Crippen molar-refractivity contribution in [2.45, 2.75) is 32.4 Å². The number of aromatic nitrogens is 3. The second-order valence-corrected chi connectivity index (χ2v) is 9.20. The third-order valence-corrected chi connectivity index (χ3v) is 6.94. The molecule has 0 atom stereocenters. The van der Waals surface area contributed by atoms with Gasteiger partial charge in [0, 0.05) is 55.6 Å². The Kier molecular flexibility index (Phi) is 6.86. The number of fused-ring (bicyclic) bond motifs is 1. The molecule has 0 spiro atoms. The van der Waals surface area contributed by atoms with Gasteiger partial charge in [-0.15, -0.1) is 0 Å². The Labute approximate surface area is 210 Å². The molecule has 8 heteroatoms. The van der Waals surface area contributed by atoms with Crippen LogP contribution in [0.4, 0.5) is 11.4 Å². The fourth-order valence-electron chi connectivity index (χ4n) is 5.02. The van der Waals surface area contributed by atoms with E-state index in [1.807, 2.05) is 71.0 Å². The van der Waals surface area contributed by atoms with E-state index in [-0.39, 0.29) is 17.6 Å². The molecule has 1 amide bonds. The Morgan fingerprint density at radius 2 is 1.78 bits per heavy atom. The van der Waals surface area contributed by atoms with Crippen LogP contribution in [0.15, 0.2) is 71.8 Å². The van der Waals surface area contributed by atoms with Crippen LogP contribution in [-0.4, -0.2) is 51.7 Å². The lowest BCUT2D eigenvalue weighted by molar-refractivity contribution is 0.0694. The molecule has 0 aliphatic carbocycles. The van der Waals surface area contributed by atoms with E-state index < -0.39 is 0 Å². The quantitative estimate of drug-likeness (QED) is 0.420. The number of pyridine rings is 1. The highest BCUT2D eigenvalue weighted by Gasteiger charge is 2.28. The maximum absolute atomic E-state index is 13.3. The standard InChI is InChI=1S/C28H31N5O3/c1-20-19-21(7-8-24(20)30-22-9-13-29-14-10-22)27(34)31-15-11-23(12-16-31)33-26-6-4-3-5-25(26)32(28(33)35)17-18-36-2/h3-10,13-14,19,23H,11-12,15-18H2,1-2H3,(H,29,30). The van der Waals surface area contributed by atoms with Crippen LogP contribution in [0.3, 0.4) is 0 Å². The van der Waals surface area contributed by atoms with Crippen molar-refractivity contribution in [3.05, 3.63) is 88.6 Å². The van der Waals surface area contributed by atoms with Crippen LogP contribution in [0.2, 0.25) is 0 Å². The summed E-state index contributed by atoms with van der Waals surface area (Å²) in [4.78, 5) is 32.5. The number of anilines is 2. The van der Waals surface area contributed by atoms with Crippen LogP contribution in [-0.2, 0) is 11.3 Å². The van der Waals surface area contributed by atoms with Crippen LogP contribution in [0, 0.1) is 6.92 Å². The average molecular weight is 486 g/mol. The van der Waals surface area contributed by atoms with E-state index >= 15 is 0 Å². The first-order chi connectivity index (χ1) is 17.6. The summed E-state index contributed by atoms with van der Waals surface area (Å²) in [5, 5.41) is 3.37. The van der Waals surface area contributed by atoms with Crippen LogP contribution in [0.25, 0.3) is 11.0 Å². The summed E-state index contributed by atoms with van der Waals surface area (Å²) < 4.78 is 8.92. The molecule has 2 aromatic carbocycles. The molecule has 0 bridgehead atoms. The highest BCUT2D eigenvalue weighted by molar-refractivity contribution is 5.95. The Morgan fingerprint density at radius 3 is 2.47 bits per heavy atom. The molecule has 3 heterocycles. The molecule has 1 aliphatic heterocycles. The Balaban J connectivity index is 1.29. The molecule has 1 N–H and O–H groups in total. The minimum absolute atomic E-state index is 0.00839. The number of piperidine rings is 1. The molecule has 0 radical (unpaired) electrons. The van der Waals surface area contributed by atoms with Gasteiger partial charge in [0.25, 0.3) is 5.91 Å². The second kappa shape index (κ2) is 10.4. The summed E-state index contributed by atoms with van der Waals surface area (Å²) in [5.74, 6) is 0.0295. The number of aryl methyl sites for hydroxylation is 1.